The summed E-state index contributed by atoms with van der Waals surface area (Å²) in [6.45, 7) is 5.98. The molecule has 0 radical (unpaired) electrons. The predicted octanol–water partition coefficient (Wildman–Crippen LogP) is 3.43. The lowest BCUT2D eigenvalue weighted by atomic mass is 10.0. The number of hydrogen-bond donors (Lipinski definition) is 0. The molecule has 0 aliphatic carbocycles. The van der Waals surface area contributed by atoms with E-state index in [1.54, 1.807) is 0 Å². The minimum atomic E-state index is 0.874. The van der Waals surface area contributed by atoms with E-state index in [1.165, 1.54) is 31.5 Å². The first-order valence-electron chi connectivity index (χ1n) is 6.28. The van der Waals surface area contributed by atoms with Gasteiger partial charge in [0.1, 0.15) is 0 Å². The molecule has 1 fully saturated rings. The van der Waals surface area contributed by atoms with Crippen molar-refractivity contribution in [2.24, 2.45) is 5.92 Å². The Labute approximate surface area is 98.8 Å². The summed E-state index contributed by atoms with van der Waals surface area (Å²) in [5, 5.41) is 0. The van der Waals surface area contributed by atoms with Crippen LogP contribution in [0.4, 0.5) is 0 Å². The molecular weight excluding hydrogens is 194 g/mol. The average Bonchev–Trinajstić information content (AvgIpc) is 2.30. The summed E-state index contributed by atoms with van der Waals surface area (Å²) in [4.78, 5) is 2.55. The van der Waals surface area contributed by atoms with E-state index < -0.39 is 0 Å². The highest BCUT2D eigenvalue weighted by Gasteiger charge is 2.14. The molecule has 1 heteroatoms. The molecule has 1 atom stereocenters. The van der Waals surface area contributed by atoms with Crippen LogP contribution in [0.3, 0.4) is 0 Å². The van der Waals surface area contributed by atoms with Crippen molar-refractivity contribution in [2.45, 2.75) is 19.8 Å². The third-order valence-electron chi connectivity index (χ3n) is 3.21. The second-order valence-electron chi connectivity index (χ2n) is 4.82. The van der Waals surface area contributed by atoms with Crippen LogP contribution < -0.4 is 0 Å². The van der Waals surface area contributed by atoms with Crippen molar-refractivity contribution in [3.05, 3.63) is 42.0 Å². The number of rotatable bonds is 3. The van der Waals surface area contributed by atoms with E-state index in [0.29, 0.717) is 0 Å². The Morgan fingerprint density at radius 1 is 1.31 bits per heavy atom. The monoisotopic (exact) mass is 215 g/mol. The molecule has 16 heavy (non-hydrogen) atoms. The third kappa shape index (κ3) is 3.49. The Kier molecular flexibility index (Phi) is 4.17. The molecule has 2 rings (SSSR count). The van der Waals surface area contributed by atoms with Crippen molar-refractivity contribution in [1.29, 1.82) is 0 Å². The van der Waals surface area contributed by atoms with Crippen LogP contribution in [0.1, 0.15) is 25.3 Å². The summed E-state index contributed by atoms with van der Waals surface area (Å²) < 4.78 is 0. The van der Waals surface area contributed by atoms with Gasteiger partial charge in [-0.25, -0.2) is 0 Å². The first kappa shape index (κ1) is 11.4. The standard InChI is InChI=1S/C15H21N/c1-14-7-5-11-16(13-14)12-6-10-15-8-3-2-4-9-15/h2-4,6,8-10,14H,5,7,11-13H2,1H3/b10-6+. The van der Waals surface area contributed by atoms with Gasteiger partial charge in [-0.2, -0.15) is 0 Å². The van der Waals surface area contributed by atoms with Crippen molar-refractivity contribution < 1.29 is 0 Å². The fourth-order valence-corrected chi connectivity index (χ4v) is 2.35. The highest BCUT2D eigenvalue weighted by atomic mass is 15.1. The molecule has 1 saturated heterocycles. The Bertz CT molecular complexity index is 329. The van der Waals surface area contributed by atoms with E-state index in [9.17, 15) is 0 Å². The zero-order valence-electron chi connectivity index (χ0n) is 10.1. The molecule has 1 heterocycles. The van der Waals surface area contributed by atoms with E-state index in [2.05, 4.69) is 54.3 Å². The number of nitrogens with zero attached hydrogens (tertiary/aromatic N) is 1. The van der Waals surface area contributed by atoms with Gasteiger partial charge in [-0.15, -0.1) is 0 Å². The third-order valence-corrected chi connectivity index (χ3v) is 3.21. The molecule has 1 nitrogen and oxygen atoms in total. The van der Waals surface area contributed by atoms with Gasteiger partial charge in [-0.05, 0) is 30.9 Å². The molecule has 0 bridgehead atoms. The van der Waals surface area contributed by atoms with Gasteiger partial charge >= 0.3 is 0 Å². The molecule has 1 aromatic rings. The SMILES string of the molecule is CC1CCCN(C/C=C/c2ccccc2)C1. The quantitative estimate of drug-likeness (QED) is 0.746. The van der Waals surface area contributed by atoms with Gasteiger partial charge in [0.25, 0.3) is 0 Å². The lowest BCUT2D eigenvalue weighted by Crippen LogP contribution is -2.34. The molecule has 0 saturated carbocycles. The van der Waals surface area contributed by atoms with Crippen molar-refractivity contribution in [2.75, 3.05) is 19.6 Å². The van der Waals surface area contributed by atoms with Crippen LogP contribution in [0, 0.1) is 5.92 Å². The molecule has 1 unspecified atom stereocenters. The maximum absolute atomic E-state index is 2.55. The zero-order chi connectivity index (χ0) is 11.2. The van der Waals surface area contributed by atoms with Crippen LogP contribution in [-0.2, 0) is 0 Å². The molecule has 1 aliphatic rings. The fourth-order valence-electron chi connectivity index (χ4n) is 2.35. The molecule has 0 spiro atoms. The molecular formula is C15H21N. The molecule has 0 aromatic heterocycles. The molecule has 0 amide bonds. The highest BCUT2D eigenvalue weighted by Crippen LogP contribution is 2.15. The van der Waals surface area contributed by atoms with Crippen molar-refractivity contribution >= 4 is 6.08 Å². The molecule has 1 aliphatic heterocycles. The van der Waals surface area contributed by atoms with Crippen LogP contribution in [-0.4, -0.2) is 24.5 Å². The minimum Gasteiger partial charge on any atom is -0.299 e. The van der Waals surface area contributed by atoms with Crippen molar-refractivity contribution in [1.82, 2.24) is 4.90 Å². The Hall–Kier alpha value is -1.08. The average molecular weight is 215 g/mol. The maximum Gasteiger partial charge on any atom is 0.0166 e. The highest BCUT2D eigenvalue weighted by molar-refractivity contribution is 5.48. The summed E-state index contributed by atoms with van der Waals surface area (Å²) in [7, 11) is 0. The van der Waals surface area contributed by atoms with Gasteiger partial charge < -0.3 is 0 Å². The van der Waals surface area contributed by atoms with Crippen molar-refractivity contribution in [3.8, 4) is 0 Å². The van der Waals surface area contributed by atoms with Gasteiger partial charge in [0, 0.05) is 13.1 Å². The predicted molar refractivity (Wildman–Crippen MR) is 70.3 cm³/mol. The summed E-state index contributed by atoms with van der Waals surface area (Å²) in [5.74, 6) is 0.874. The smallest absolute Gasteiger partial charge is 0.0166 e. The van der Waals surface area contributed by atoms with E-state index >= 15 is 0 Å². The van der Waals surface area contributed by atoms with Crippen LogP contribution in [0.25, 0.3) is 6.08 Å². The van der Waals surface area contributed by atoms with Crippen molar-refractivity contribution in [3.63, 3.8) is 0 Å². The van der Waals surface area contributed by atoms with Crippen LogP contribution in [0.2, 0.25) is 0 Å². The lowest BCUT2D eigenvalue weighted by molar-refractivity contribution is 0.202. The first-order valence-corrected chi connectivity index (χ1v) is 6.28. The van der Waals surface area contributed by atoms with Crippen LogP contribution in [0.5, 0.6) is 0 Å². The van der Waals surface area contributed by atoms with Crippen LogP contribution in [0.15, 0.2) is 36.4 Å². The second-order valence-corrected chi connectivity index (χ2v) is 4.82. The first-order chi connectivity index (χ1) is 7.84. The minimum absolute atomic E-state index is 0.874. The van der Waals surface area contributed by atoms with E-state index in [0.717, 1.165) is 12.5 Å². The second kappa shape index (κ2) is 5.86. The summed E-state index contributed by atoms with van der Waals surface area (Å²) in [6.07, 6.45) is 7.27. The fraction of sp³-hybridized carbons (Fsp3) is 0.467. The Morgan fingerprint density at radius 2 is 2.12 bits per heavy atom. The Morgan fingerprint density at radius 3 is 2.88 bits per heavy atom. The lowest BCUT2D eigenvalue weighted by Gasteiger charge is -2.29. The van der Waals surface area contributed by atoms with Gasteiger partial charge in [-0.3, -0.25) is 4.90 Å². The number of likely N-dealkylation sites (tertiary alicyclic amines) is 1. The Balaban J connectivity index is 1.80. The molecule has 0 N–H and O–H groups in total. The molecule has 86 valence electrons. The number of piperidine rings is 1. The van der Waals surface area contributed by atoms with Gasteiger partial charge in [0.05, 0.1) is 0 Å². The van der Waals surface area contributed by atoms with E-state index in [1.807, 2.05) is 0 Å². The molecule has 1 aromatic carbocycles. The number of hydrogen-bond acceptors (Lipinski definition) is 1. The summed E-state index contributed by atoms with van der Waals surface area (Å²) in [5.41, 5.74) is 1.30. The van der Waals surface area contributed by atoms with Gasteiger partial charge in [0.15, 0.2) is 0 Å². The normalized spacial score (nSPS) is 22.7. The van der Waals surface area contributed by atoms with Gasteiger partial charge in [0.2, 0.25) is 0 Å². The van der Waals surface area contributed by atoms with Gasteiger partial charge in [-0.1, -0.05) is 49.4 Å². The topological polar surface area (TPSA) is 3.24 Å². The summed E-state index contributed by atoms with van der Waals surface area (Å²) in [6, 6.07) is 10.5. The maximum atomic E-state index is 2.55. The largest absolute Gasteiger partial charge is 0.299 e. The van der Waals surface area contributed by atoms with Crippen LogP contribution >= 0.6 is 0 Å². The van der Waals surface area contributed by atoms with E-state index in [-0.39, 0.29) is 0 Å². The number of benzene rings is 1. The zero-order valence-corrected chi connectivity index (χ0v) is 10.1. The van der Waals surface area contributed by atoms with E-state index in [4.69, 9.17) is 0 Å². The summed E-state index contributed by atoms with van der Waals surface area (Å²) >= 11 is 0.